The Kier molecular flexibility index (Phi) is 23.6. The number of unbranched alkanes of at least 4 members (excludes halogenated alkanes) is 1. The van der Waals surface area contributed by atoms with Crippen LogP contribution in [0.3, 0.4) is 0 Å². The molecule has 0 saturated heterocycles. The molecule has 20 nitrogen and oxygen atoms in total. The lowest BCUT2D eigenvalue weighted by Crippen LogP contribution is -2.63. The number of aliphatic hydroxyl groups is 2. The molecule has 6 amide bonds. The van der Waals surface area contributed by atoms with E-state index in [4.69, 9.17) is 26.7 Å². The molecule has 14 N–H and O–H groups in total. The topological polar surface area (TPSA) is 337 Å². The average Bonchev–Trinajstić information content (AvgIpc) is 3.38. The Hall–Kier alpha value is -7.46. The number of primary amides is 1. The minimum atomic E-state index is -1.92. The molecular weight excluding hydrogens is 972 g/mol. The molecule has 0 aliphatic carbocycles. The van der Waals surface area contributed by atoms with Gasteiger partial charge in [0.2, 0.25) is 35.4 Å². The number of ether oxygens (including phenoxy) is 2. The second-order valence-electron chi connectivity index (χ2n) is 18.5. The summed E-state index contributed by atoms with van der Waals surface area (Å²) in [5, 5.41) is 42.4. The van der Waals surface area contributed by atoms with Gasteiger partial charge in [0, 0.05) is 12.8 Å². The van der Waals surface area contributed by atoms with Crippen LogP contribution in [-0.4, -0.2) is 125 Å². The minimum Gasteiger partial charge on any atom is -0.497 e. The van der Waals surface area contributed by atoms with Gasteiger partial charge in [-0.25, -0.2) is 4.39 Å². The van der Waals surface area contributed by atoms with Gasteiger partial charge >= 0.3 is 5.97 Å². The molecule has 0 aliphatic heterocycles. The maximum Gasteiger partial charge on any atom is 0.305 e. The standard InChI is InChI=1S/C54H71FN8O12/c1-5-35-28-39(74-4)23-24-40(35)36-19-15-34(16-20-36)27-43(49(69)59-42(48(57)68)14-10-11-33-17-21-38(22-18-33)75-26-9-8-25-56)60-50(70)44(29-46(66)67)61-51(71)45(31-64)62-52(72)47(32(2)65)63-53(73)54(3,58)30-37-12-6-7-13-41(37)55/h6-7,12-13,15-24,28,32,42-45,47,64-65H,5,8-11,14,25-27,29-31,56,58H2,1-4H3,(H2,57,68)(H,59,69)(H,60,70)(H,61,71)(H,62,72)(H,63,73)(H,66,67)/t32-,42+,43+,44?,45?,47+,54+/m1/s1. The van der Waals surface area contributed by atoms with Crippen LogP contribution in [0.5, 0.6) is 11.5 Å². The number of carboxylic acids is 1. The van der Waals surface area contributed by atoms with E-state index in [9.17, 15) is 53.3 Å². The van der Waals surface area contributed by atoms with Crippen molar-refractivity contribution >= 4 is 41.4 Å². The van der Waals surface area contributed by atoms with Crippen molar-refractivity contribution in [3.05, 3.63) is 119 Å². The predicted octanol–water partition coefficient (Wildman–Crippen LogP) is 1.46. The number of aliphatic hydroxyl groups excluding tert-OH is 2. The third kappa shape index (κ3) is 18.8. The molecule has 0 bridgehead atoms. The smallest absolute Gasteiger partial charge is 0.305 e. The SMILES string of the molecule is CCc1cc(OC)ccc1-c1ccc(C[C@H](NC(=O)C(CC(=O)O)NC(=O)C(CO)NC(=O)[C@@H](NC(=O)[C@@](C)(N)Cc2ccccc2F)[C@@H](C)O)C(=O)N[C@@H](CCCc2ccc(OCCCCN)cc2)C(N)=O)cc1. The van der Waals surface area contributed by atoms with Crippen molar-refractivity contribution in [3.63, 3.8) is 0 Å². The second kappa shape index (κ2) is 29.4. The number of amides is 6. The van der Waals surface area contributed by atoms with Crippen LogP contribution in [0, 0.1) is 5.82 Å². The number of halogens is 1. The summed E-state index contributed by atoms with van der Waals surface area (Å²) in [6.07, 6.45) is 0.267. The van der Waals surface area contributed by atoms with Gasteiger partial charge in [-0.1, -0.05) is 67.6 Å². The van der Waals surface area contributed by atoms with Gasteiger partial charge in [0.05, 0.1) is 38.4 Å². The van der Waals surface area contributed by atoms with Gasteiger partial charge in [0.15, 0.2) is 0 Å². The Balaban J connectivity index is 1.53. The van der Waals surface area contributed by atoms with Crippen molar-refractivity contribution in [1.29, 1.82) is 0 Å². The summed E-state index contributed by atoms with van der Waals surface area (Å²) in [5.41, 5.74) is 20.1. The summed E-state index contributed by atoms with van der Waals surface area (Å²) in [5.74, 6) is -7.09. The highest BCUT2D eigenvalue weighted by Crippen LogP contribution is 2.28. The summed E-state index contributed by atoms with van der Waals surface area (Å²) in [6.45, 7) is 4.43. The van der Waals surface area contributed by atoms with Crippen molar-refractivity contribution in [2.24, 2.45) is 17.2 Å². The van der Waals surface area contributed by atoms with E-state index in [2.05, 4.69) is 26.6 Å². The first-order chi connectivity index (χ1) is 35.7. The number of methoxy groups -OCH3 is 1. The quantitative estimate of drug-likeness (QED) is 0.0318. The monoisotopic (exact) mass is 1040 g/mol. The van der Waals surface area contributed by atoms with E-state index in [0.717, 1.165) is 42.0 Å². The summed E-state index contributed by atoms with van der Waals surface area (Å²) in [4.78, 5) is 93.6. The number of hydrogen-bond acceptors (Lipinski definition) is 13. The fourth-order valence-electron chi connectivity index (χ4n) is 8.01. The molecule has 0 saturated carbocycles. The highest BCUT2D eigenvalue weighted by atomic mass is 19.1. The number of carboxylic acid groups (broad SMARTS) is 1. The molecular formula is C54H71FN8O12. The van der Waals surface area contributed by atoms with Crippen LogP contribution in [-0.2, 0) is 59.2 Å². The Morgan fingerprint density at radius 2 is 1.33 bits per heavy atom. The Labute approximate surface area is 435 Å². The maximum absolute atomic E-state index is 14.4. The zero-order valence-corrected chi connectivity index (χ0v) is 42.7. The molecule has 7 atom stereocenters. The molecule has 75 heavy (non-hydrogen) atoms. The zero-order chi connectivity index (χ0) is 55.2. The van der Waals surface area contributed by atoms with Crippen LogP contribution in [0.2, 0.25) is 0 Å². The number of carbonyl (C=O) groups is 7. The highest BCUT2D eigenvalue weighted by Gasteiger charge is 2.37. The molecule has 0 radical (unpaired) electrons. The van der Waals surface area contributed by atoms with Crippen molar-refractivity contribution in [2.75, 3.05) is 26.9 Å². The number of aliphatic carboxylic acids is 1. The Morgan fingerprint density at radius 3 is 1.93 bits per heavy atom. The molecule has 21 heteroatoms. The molecule has 0 heterocycles. The fourth-order valence-corrected chi connectivity index (χ4v) is 8.01. The van der Waals surface area contributed by atoms with Crippen molar-refractivity contribution in [2.45, 2.75) is 120 Å². The number of carbonyl (C=O) groups excluding carboxylic acids is 6. The summed E-state index contributed by atoms with van der Waals surface area (Å²) in [6, 6.07) is 17.6. The molecule has 4 rings (SSSR count). The molecule has 0 fully saturated rings. The largest absolute Gasteiger partial charge is 0.497 e. The lowest BCUT2D eigenvalue weighted by atomic mass is 9.92. The van der Waals surface area contributed by atoms with Gasteiger partial charge in [-0.05, 0) is 123 Å². The van der Waals surface area contributed by atoms with Crippen LogP contribution >= 0.6 is 0 Å². The van der Waals surface area contributed by atoms with E-state index in [1.807, 2.05) is 61.5 Å². The lowest BCUT2D eigenvalue weighted by Gasteiger charge is -2.29. The normalized spacial score (nSPS) is 14.3. The molecule has 2 unspecified atom stereocenters. The van der Waals surface area contributed by atoms with Gasteiger partial charge in [0.25, 0.3) is 0 Å². The zero-order valence-electron chi connectivity index (χ0n) is 42.7. The predicted molar refractivity (Wildman–Crippen MR) is 277 cm³/mol. The lowest BCUT2D eigenvalue weighted by molar-refractivity contribution is -0.142. The number of nitrogens with one attached hydrogen (secondary N) is 5. The number of nitrogens with two attached hydrogens (primary N) is 3. The molecule has 4 aromatic rings. The average molecular weight is 1040 g/mol. The van der Waals surface area contributed by atoms with E-state index in [-0.39, 0.29) is 24.8 Å². The van der Waals surface area contributed by atoms with Crippen LogP contribution in [0.25, 0.3) is 11.1 Å². The first-order valence-corrected chi connectivity index (χ1v) is 24.7. The molecule has 406 valence electrons. The highest BCUT2D eigenvalue weighted by molar-refractivity contribution is 5.98. The molecule has 4 aromatic carbocycles. The summed E-state index contributed by atoms with van der Waals surface area (Å²) in [7, 11) is 1.57. The summed E-state index contributed by atoms with van der Waals surface area (Å²) >= 11 is 0. The van der Waals surface area contributed by atoms with E-state index in [0.29, 0.717) is 49.5 Å². The summed E-state index contributed by atoms with van der Waals surface area (Å²) < 4.78 is 25.5. The van der Waals surface area contributed by atoms with Crippen LogP contribution < -0.4 is 53.3 Å². The Morgan fingerprint density at radius 1 is 0.733 bits per heavy atom. The molecule has 0 aliphatic rings. The number of benzene rings is 4. The van der Waals surface area contributed by atoms with Gasteiger partial charge < -0.3 is 68.6 Å². The molecule has 0 aromatic heterocycles. The minimum absolute atomic E-state index is 0.102. The van der Waals surface area contributed by atoms with Crippen molar-refractivity contribution in [1.82, 2.24) is 26.6 Å². The van der Waals surface area contributed by atoms with E-state index >= 15 is 0 Å². The number of aryl methyl sites for hydroxylation is 2. The first-order valence-electron chi connectivity index (χ1n) is 24.7. The first kappa shape index (κ1) is 60.1. The van der Waals surface area contributed by atoms with Gasteiger partial charge in [0.1, 0.15) is 47.5 Å². The van der Waals surface area contributed by atoms with Crippen LogP contribution in [0.1, 0.15) is 75.1 Å². The second-order valence-corrected chi connectivity index (χ2v) is 18.5. The number of hydrogen-bond donors (Lipinski definition) is 11. The van der Waals surface area contributed by atoms with Crippen LogP contribution in [0.4, 0.5) is 4.39 Å². The third-order valence-corrected chi connectivity index (χ3v) is 12.4. The van der Waals surface area contributed by atoms with E-state index in [1.54, 1.807) is 25.3 Å². The van der Waals surface area contributed by atoms with E-state index < -0.39 is 102 Å². The Bertz CT molecular complexity index is 2560. The van der Waals surface area contributed by atoms with Crippen molar-refractivity contribution in [3.8, 4) is 22.6 Å². The van der Waals surface area contributed by atoms with Gasteiger partial charge in [-0.15, -0.1) is 0 Å². The van der Waals surface area contributed by atoms with Crippen molar-refractivity contribution < 1.29 is 62.7 Å². The van der Waals surface area contributed by atoms with Gasteiger partial charge in [-0.2, -0.15) is 0 Å². The van der Waals surface area contributed by atoms with E-state index in [1.165, 1.54) is 25.1 Å². The molecule has 0 spiro atoms. The number of rotatable bonds is 31. The third-order valence-electron chi connectivity index (χ3n) is 12.4. The fraction of sp³-hybridized carbons (Fsp3) is 0.426. The van der Waals surface area contributed by atoms with Crippen LogP contribution in [0.15, 0.2) is 91.0 Å². The van der Waals surface area contributed by atoms with Gasteiger partial charge in [-0.3, -0.25) is 33.6 Å². The maximum atomic E-state index is 14.4.